The number of nitrogens with zero attached hydrogens (tertiary/aromatic N) is 5. The van der Waals surface area contributed by atoms with Crippen LogP contribution in [-0.2, 0) is 0 Å². The molecule has 0 N–H and O–H groups in total. The van der Waals surface area contributed by atoms with E-state index in [0.29, 0.717) is 17.5 Å². The van der Waals surface area contributed by atoms with E-state index in [9.17, 15) is 0 Å². The molecule has 2 unspecified atom stereocenters. The molecular weight excluding hydrogens is 859 g/mol. The predicted octanol–water partition coefficient (Wildman–Crippen LogP) is 16.4. The highest BCUT2D eigenvalue weighted by atomic mass is 32.1. The van der Waals surface area contributed by atoms with Crippen molar-refractivity contribution in [2.75, 3.05) is 4.90 Å². The first-order valence-electron chi connectivity index (χ1n) is 23.5. The quantitative estimate of drug-likeness (QED) is 0.160. The van der Waals surface area contributed by atoms with Crippen molar-refractivity contribution < 1.29 is 0 Å². The molecule has 324 valence electrons. The zero-order valence-electron chi connectivity index (χ0n) is 37.3. The number of anilines is 2. The number of thiophene rings is 1. The van der Waals surface area contributed by atoms with E-state index in [-0.39, 0.29) is 12.0 Å². The summed E-state index contributed by atoms with van der Waals surface area (Å²) in [7, 11) is 0. The second kappa shape index (κ2) is 16.0. The van der Waals surface area contributed by atoms with Crippen molar-refractivity contribution in [3.8, 4) is 62.1 Å². The van der Waals surface area contributed by atoms with Crippen molar-refractivity contribution in [1.82, 2.24) is 19.5 Å². The average Bonchev–Trinajstić information content (AvgIpc) is 4.08. The lowest BCUT2D eigenvalue weighted by atomic mass is 9.90. The molecule has 0 saturated heterocycles. The number of hydrogen-bond acceptors (Lipinski definition) is 5. The van der Waals surface area contributed by atoms with Gasteiger partial charge in [-0.1, -0.05) is 164 Å². The Morgan fingerprint density at radius 1 is 0.391 bits per heavy atom. The van der Waals surface area contributed by atoms with Gasteiger partial charge >= 0.3 is 0 Å². The van der Waals surface area contributed by atoms with E-state index >= 15 is 0 Å². The summed E-state index contributed by atoms with van der Waals surface area (Å²) < 4.78 is 4.90. The fourth-order valence-corrected chi connectivity index (χ4v) is 12.0. The minimum Gasteiger partial charge on any atom is -0.333 e. The molecule has 1 aliphatic carbocycles. The van der Waals surface area contributed by atoms with Crippen LogP contribution in [0.2, 0.25) is 0 Å². The second-order valence-corrected chi connectivity index (χ2v) is 19.0. The lowest BCUT2D eigenvalue weighted by molar-refractivity contribution is 0.745. The molecule has 4 heterocycles. The van der Waals surface area contributed by atoms with E-state index in [1.807, 2.05) is 47.7 Å². The Morgan fingerprint density at radius 2 is 0.986 bits per heavy atom. The van der Waals surface area contributed by atoms with Crippen molar-refractivity contribution >= 4 is 64.7 Å². The predicted molar refractivity (Wildman–Crippen MR) is 288 cm³/mol. The van der Waals surface area contributed by atoms with Gasteiger partial charge in [0.2, 0.25) is 0 Å². The minimum absolute atomic E-state index is 0.180. The largest absolute Gasteiger partial charge is 0.333 e. The summed E-state index contributed by atoms with van der Waals surface area (Å²) in [6, 6.07) is 76.5. The Balaban J connectivity index is 0.906. The fraction of sp³-hybridized carbons (Fsp3) is 0.0317. The van der Waals surface area contributed by atoms with Crippen molar-refractivity contribution in [2.24, 2.45) is 0 Å². The Hall–Kier alpha value is -8.71. The molecule has 3 aromatic heterocycles. The molecule has 0 radical (unpaired) electrons. The van der Waals surface area contributed by atoms with Gasteiger partial charge in [0.05, 0.1) is 17.1 Å². The lowest BCUT2D eigenvalue weighted by Gasteiger charge is -2.28. The van der Waals surface area contributed by atoms with Crippen LogP contribution in [0, 0.1) is 0 Å². The van der Waals surface area contributed by atoms with Crippen LogP contribution in [-0.4, -0.2) is 25.6 Å². The summed E-state index contributed by atoms with van der Waals surface area (Å²) in [6.45, 7) is 0. The van der Waals surface area contributed by atoms with Crippen LogP contribution in [0.1, 0.15) is 11.5 Å². The summed E-state index contributed by atoms with van der Waals surface area (Å²) in [5.74, 6) is 2.22. The second-order valence-electron chi connectivity index (χ2n) is 17.9. The molecule has 2 aliphatic rings. The van der Waals surface area contributed by atoms with Gasteiger partial charge in [0.1, 0.15) is 0 Å². The van der Waals surface area contributed by atoms with Gasteiger partial charge in [0.25, 0.3) is 0 Å². The van der Waals surface area contributed by atoms with Crippen molar-refractivity contribution in [1.29, 1.82) is 0 Å². The monoisotopic (exact) mass is 899 g/mol. The molecule has 0 bridgehead atoms. The van der Waals surface area contributed by atoms with E-state index in [2.05, 4.69) is 210 Å². The molecule has 12 aromatic rings. The Bertz CT molecular complexity index is 3970. The van der Waals surface area contributed by atoms with E-state index in [4.69, 9.17) is 15.0 Å². The van der Waals surface area contributed by atoms with Crippen LogP contribution in [0.15, 0.2) is 237 Å². The summed E-state index contributed by atoms with van der Waals surface area (Å²) in [5, 5.41) is 4.86. The molecule has 69 heavy (non-hydrogen) atoms. The third-order valence-electron chi connectivity index (χ3n) is 14.0. The molecular formula is C63H41N5S. The van der Waals surface area contributed by atoms with Gasteiger partial charge in [-0.05, 0) is 101 Å². The zero-order valence-corrected chi connectivity index (χ0v) is 38.1. The summed E-state index contributed by atoms with van der Waals surface area (Å²) in [5.41, 5.74) is 15.1. The van der Waals surface area contributed by atoms with Crippen LogP contribution in [0.25, 0.3) is 104 Å². The summed E-state index contributed by atoms with van der Waals surface area (Å²) >= 11 is 1.84. The topological polar surface area (TPSA) is 46.8 Å². The maximum absolute atomic E-state index is 5.06. The summed E-state index contributed by atoms with van der Waals surface area (Å²) in [4.78, 5) is 17.6. The van der Waals surface area contributed by atoms with Gasteiger partial charge in [-0.2, -0.15) is 0 Å². The Kier molecular flexibility index (Phi) is 9.14. The highest BCUT2D eigenvalue weighted by molar-refractivity contribution is 7.26. The molecule has 6 heteroatoms. The highest BCUT2D eigenvalue weighted by Gasteiger charge is 2.38. The van der Waals surface area contributed by atoms with Gasteiger partial charge in [-0.3, -0.25) is 0 Å². The number of para-hydroxylation sites is 1. The minimum atomic E-state index is 0.180. The number of hydrogen-bond donors (Lipinski definition) is 0. The first-order chi connectivity index (χ1) is 34.2. The molecule has 1 aliphatic heterocycles. The van der Waals surface area contributed by atoms with E-state index in [1.54, 1.807) is 0 Å². The first-order valence-corrected chi connectivity index (χ1v) is 24.3. The van der Waals surface area contributed by atoms with Crippen LogP contribution in [0.3, 0.4) is 0 Å². The van der Waals surface area contributed by atoms with E-state index < -0.39 is 0 Å². The number of aromatic nitrogens is 4. The van der Waals surface area contributed by atoms with Gasteiger partial charge in [-0.15, -0.1) is 11.3 Å². The SMILES string of the molecule is C1=CC2c3cc(-c4ccccc4)ccc3N(c3ccc4c(c3)c3cc(-c5cccc6c5sc5ccc(-c7nc(-c8ccccc8)nc(-c8ccccc8)n7)cc56)ccc3n4-c3ccccc3)C2C=C1. The zero-order chi connectivity index (χ0) is 45.4. The van der Waals surface area contributed by atoms with E-state index in [0.717, 1.165) is 22.4 Å². The molecule has 0 saturated carbocycles. The average molecular weight is 900 g/mol. The van der Waals surface area contributed by atoms with Crippen LogP contribution >= 0.6 is 11.3 Å². The smallest absolute Gasteiger partial charge is 0.164 e. The normalized spacial score (nSPS) is 15.1. The van der Waals surface area contributed by atoms with Crippen molar-refractivity contribution in [3.63, 3.8) is 0 Å². The third-order valence-corrected chi connectivity index (χ3v) is 15.2. The van der Waals surface area contributed by atoms with Crippen LogP contribution in [0.4, 0.5) is 11.4 Å². The van der Waals surface area contributed by atoms with Crippen molar-refractivity contribution in [3.05, 3.63) is 242 Å². The fourth-order valence-electron chi connectivity index (χ4n) is 10.7. The molecule has 14 rings (SSSR count). The maximum atomic E-state index is 5.06. The van der Waals surface area contributed by atoms with Crippen LogP contribution < -0.4 is 4.90 Å². The molecule has 2 atom stereocenters. The first kappa shape index (κ1) is 39.5. The van der Waals surface area contributed by atoms with Gasteiger partial charge in [-0.25, -0.2) is 15.0 Å². The van der Waals surface area contributed by atoms with Crippen molar-refractivity contribution in [2.45, 2.75) is 12.0 Å². The maximum Gasteiger partial charge on any atom is 0.164 e. The lowest BCUT2D eigenvalue weighted by Crippen LogP contribution is -2.28. The Labute approximate surface area is 403 Å². The van der Waals surface area contributed by atoms with Gasteiger partial charge < -0.3 is 9.47 Å². The molecule has 0 fully saturated rings. The summed E-state index contributed by atoms with van der Waals surface area (Å²) in [6.07, 6.45) is 9.15. The Morgan fingerprint density at radius 3 is 1.71 bits per heavy atom. The van der Waals surface area contributed by atoms with Crippen LogP contribution in [0.5, 0.6) is 0 Å². The molecule has 9 aromatic carbocycles. The highest BCUT2D eigenvalue weighted by Crippen LogP contribution is 2.50. The standard InChI is InChI=1S/C63H41N5S/c1-5-16-40(17-6-1)43-28-32-56-51(36-43)49-24-13-14-27-55(49)68(56)47-31-34-58-53(39-47)52-37-44(29-33-57(52)67(58)46-22-11-4-12-23-46)48-25-15-26-50-54-38-45(30-35-59(54)69-60(48)50)63-65-61(41-18-7-2-8-19-41)64-62(66-63)42-20-9-3-10-21-42/h1-39,49,55H. The number of fused-ring (bicyclic) bond motifs is 9. The number of rotatable bonds is 7. The molecule has 0 spiro atoms. The number of allylic oxidation sites excluding steroid dienone is 2. The molecule has 0 amide bonds. The van der Waals surface area contributed by atoms with Gasteiger partial charge in [0, 0.05) is 70.6 Å². The van der Waals surface area contributed by atoms with E-state index in [1.165, 1.54) is 81.2 Å². The number of benzene rings is 9. The van der Waals surface area contributed by atoms with Gasteiger partial charge in [0.15, 0.2) is 17.5 Å². The third kappa shape index (κ3) is 6.56. The molecule has 5 nitrogen and oxygen atoms in total.